The van der Waals surface area contributed by atoms with E-state index in [-0.39, 0.29) is 17.8 Å². The van der Waals surface area contributed by atoms with Crippen LogP contribution in [-0.2, 0) is 0 Å². The quantitative estimate of drug-likeness (QED) is 0.717. The molecule has 4 rings (SSSR count). The summed E-state index contributed by atoms with van der Waals surface area (Å²) in [6, 6.07) is 15.2. The van der Waals surface area contributed by atoms with Gasteiger partial charge in [0.1, 0.15) is 5.82 Å². The van der Waals surface area contributed by atoms with Gasteiger partial charge in [0.2, 0.25) is 0 Å². The molecule has 2 N–H and O–H groups in total. The van der Waals surface area contributed by atoms with Gasteiger partial charge in [-0.2, -0.15) is 5.10 Å². The topological polar surface area (TPSA) is 61.0 Å². The molecule has 1 saturated heterocycles. The van der Waals surface area contributed by atoms with Gasteiger partial charge >= 0.3 is 0 Å². The molecule has 1 aliphatic rings. The van der Waals surface area contributed by atoms with Crippen molar-refractivity contribution in [2.24, 2.45) is 0 Å². The first-order chi connectivity index (χ1) is 13.1. The summed E-state index contributed by atoms with van der Waals surface area (Å²) in [5, 5.41) is 10.9. The lowest BCUT2D eigenvalue weighted by atomic mass is 10.1. The maximum atomic E-state index is 13.1. The first-order valence-corrected chi connectivity index (χ1v) is 9.09. The Balaban J connectivity index is 1.40. The number of nitrogens with zero attached hydrogens (tertiary/aromatic N) is 2. The molecule has 1 aromatic heterocycles. The third-order valence-corrected chi connectivity index (χ3v) is 4.89. The lowest BCUT2D eigenvalue weighted by Gasteiger charge is -2.16. The zero-order valence-corrected chi connectivity index (χ0v) is 15.2. The number of hydrogen-bond donors (Lipinski definition) is 2. The van der Waals surface area contributed by atoms with Gasteiger partial charge in [0.15, 0.2) is 5.82 Å². The van der Waals surface area contributed by atoms with Crippen molar-refractivity contribution in [2.45, 2.75) is 12.5 Å². The number of aromatic nitrogens is 2. The molecule has 2 heterocycles. The number of halogens is 2. The van der Waals surface area contributed by atoms with Crippen LogP contribution in [0.1, 0.15) is 16.8 Å². The number of amides is 1. The normalized spacial score (nSPS) is 16.5. The molecule has 3 aromatic rings. The summed E-state index contributed by atoms with van der Waals surface area (Å²) in [5.41, 5.74) is 2.26. The molecule has 1 atom stereocenters. The number of nitrogens with one attached hydrogen (secondary N) is 2. The molecule has 0 spiro atoms. The molecule has 138 valence electrons. The van der Waals surface area contributed by atoms with Crippen molar-refractivity contribution >= 4 is 23.3 Å². The molecule has 1 unspecified atom stereocenters. The summed E-state index contributed by atoms with van der Waals surface area (Å²) in [6.07, 6.45) is 0.838. The molecule has 0 radical (unpaired) electrons. The summed E-state index contributed by atoms with van der Waals surface area (Å²) in [6.45, 7) is 1.48. The van der Waals surface area contributed by atoms with E-state index in [1.165, 1.54) is 12.1 Å². The van der Waals surface area contributed by atoms with Crippen LogP contribution >= 0.6 is 11.6 Å². The molecule has 27 heavy (non-hydrogen) atoms. The highest BCUT2D eigenvalue weighted by Crippen LogP contribution is 2.24. The van der Waals surface area contributed by atoms with Crippen molar-refractivity contribution in [3.05, 3.63) is 71.0 Å². The number of hydrogen-bond acceptors (Lipinski definition) is 3. The van der Waals surface area contributed by atoms with Gasteiger partial charge in [-0.25, -0.2) is 4.39 Å². The smallest absolute Gasteiger partial charge is 0.251 e. The third-order valence-electron chi connectivity index (χ3n) is 4.65. The second-order valence-corrected chi connectivity index (χ2v) is 7.00. The first-order valence-electron chi connectivity index (χ1n) is 8.71. The minimum Gasteiger partial charge on any atom is -0.353 e. The van der Waals surface area contributed by atoms with Gasteiger partial charge in [0.05, 0.1) is 5.69 Å². The van der Waals surface area contributed by atoms with Crippen molar-refractivity contribution < 1.29 is 9.18 Å². The fraction of sp³-hybridized carbons (Fsp3) is 0.200. The van der Waals surface area contributed by atoms with Crippen LogP contribution in [0.5, 0.6) is 0 Å². The van der Waals surface area contributed by atoms with E-state index in [9.17, 15) is 9.18 Å². The fourth-order valence-corrected chi connectivity index (χ4v) is 3.43. The van der Waals surface area contributed by atoms with Crippen molar-refractivity contribution in [2.75, 3.05) is 18.0 Å². The van der Waals surface area contributed by atoms with Crippen molar-refractivity contribution in [3.8, 4) is 11.3 Å². The highest BCUT2D eigenvalue weighted by atomic mass is 35.5. The van der Waals surface area contributed by atoms with E-state index >= 15 is 0 Å². The molecule has 1 aliphatic heterocycles. The molecule has 5 nitrogen and oxygen atoms in total. The number of aromatic amines is 1. The monoisotopic (exact) mass is 384 g/mol. The second-order valence-electron chi connectivity index (χ2n) is 6.56. The summed E-state index contributed by atoms with van der Waals surface area (Å²) >= 11 is 5.95. The Kier molecular flexibility index (Phi) is 4.81. The molecule has 0 saturated carbocycles. The minimum absolute atomic E-state index is 0.0439. The summed E-state index contributed by atoms with van der Waals surface area (Å²) in [4.78, 5) is 14.5. The number of H-pyrrole nitrogens is 1. The van der Waals surface area contributed by atoms with Crippen LogP contribution < -0.4 is 10.2 Å². The van der Waals surface area contributed by atoms with E-state index in [1.807, 2.05) is 6.07 Å². The Morgan fingerprint density at radius 3 is 2.81 bits per heavy atom. The number of rotatable bonds is 4. The van der Waals surface area contributed by atoms with Crippen LogP contribution in [0, 0.1) is 5.82 Å². The predicted octanol–water partition coefficient (Wildman–Crippen LogP) is 3.88. The average molecular weight is 385 g/mol. The average Bonchev–Trinajstić information content (AvgIpc) is 3.32. The summed E-state index contributed by atoms with van der Waals surface area (Å²) < 4.78 is 13.1. The Morgan fingerprint density at radius 2 is 2.04 bits per heavy atom. The molecular formula is C20H18ClFN4O. The van der Waals surface area contributed by atoms with Crippen molar-refractivity contribution in [1.29, 1.82) is 0 Å². The second kappa shape index (κ2) is 7.40. The molecule has 1 fully saturated rings. The maximum Gasteiger partial charge on any atom is 0.251 e. The van der Waals surface area contributed by atoms with Gasteiger partial charge in [-0.05, 0) is 54.4 Å². The highest BCUT2D eigenvalue weighted by Gasteiger charge is 2.26. The van der Waals surface area contributed by atoms with Gasteiger partial charge in [-0.1, -0.05) is 17.7 Å². The molecule has 0 aliphatic carbocycles. The van der Waals surface area contributed by atoms with Crippen molar-refractivity contribution in [1.82, 2.24) is 15.5 Å². The van der Waals surface area contributed by atoms with Crippen LogP contribution in [0.4, 0.5) is 10.2 Å². The number of benzene rings is 2. The van der Waals surface area contributed by atoms with Crippen LogP contribution in [0.2, 0.25) is 5.02 Å². The summed E-state index contributed by atoms with van der Waals surface area (Å²) in [7, 11) is 0. The highest BCUT2D eigenvalue weighted by molar-refractivity contribution is 6.30. The van der Waals surface area contributed by atoms with Crippen LogP contribution in [0.25, 0.3) is 11.3 Å². The predicted molar refractivity (Wildman–Crippen MR) is 104 cm³/mol. The minimum atomic E-state index is -0.267. The third kappa shape index (κ3) is 3.95. The Labute approximate surface area is 161 Å². The van der Waals surface area contributed by atoms with Crippen LogP contribution in [-0.4, -0.2) is 35.2 Å². The Morgan fingerprint density at radius 1 is 1.22 bits per heavy atom. The van der Waals surface area contributed by atoms with Gasteiger partial charge in [0, 0.05) is 35.8 Å². The molecule has 7 heteroatoms. The Hall–Kier alpha value is -2.86. The number of carbonyl (C=O) groups is 1. The van der Waals surface area contributed by atoms with Crippen LogP contribution in [0.15, 0.2) is 54.6 Å². The summed E-state index contributed by atoms with van der Waals surface area (Å²) in [5.74, 6) is 0.420. The zero-order chi connectivity index (χ0) is 18.8. The lowest BCUT2D eigenvalue weighted by Crippen LogP contribution is -2.37. The van der Waals surface area contributed by atoms with Gasteiger partial charge in [-0.15, -0.1) is 0 Å². The standard InChI is InChI=1S/C20H18ClFN4O/c21-15-3-1-2-14(10-15)20(27)23-17-8-9-26(12-17)19-11-18(24-25-19)13-4-6-16(22)7-5-13/h1-7,10-11,17H,8-9,12H2,(H,23,27)(H,24,25). The van der Waals surface area contributed by atoms with E-state index in [1.54, 1.807) is 36.4 Å². The van der Waals surface area contributed by atoms with Crippen LogP contribution in [0.3, 0.4) is 0 Å². The van der Waals surface area contributed by atoms with Gasteiger partial charge in [-0.3, -0.25) is 9.89 Å². The van der Waals surface area contributed by atoms with Crippen molar-refractivity contribution in [3.63, 3.8) is 0 Å². The zero-order valence-electron chi connectivity index (χ0n) is 14.5. The largest absolute Gasteiger partial charge is 0.353 e. The first kappa shape index (κ1) is 17.5. The number of carbonyl (C=O) groups excluding carboxylic acids is 1. The van der Waals surface area contributed by atoms with E-state index < -0.39 is 0 Å². The molecule has 0 bridgehead atoms. The number of anilines is 1. The molecule has 2 aromatic carbocycles. The lowest BCUT2D eigenvalue weighted by molar-refractivity contribution is 0.0940. The molecule has 1 amide bonds. The Bertz CT molecular complexity index is 957. The van der Waals surface area contributed by atoms with E-state index in [0.717, 1.165) is 30.0 Å². The van der Waals surface area contributed by atoms with E-state index in [0.29, 0.717) is 17.1 Å². The SMILES string of the molecule is O=C(NC1CCN(c2cc(-c3ccc(F)cc3)[nH]n2)C1)c1cccc(Cl)c1. The van der Waals surface area contributed by atoms with E-state index in [4.69, 9.17) is 11.6 Å². The van der Waals surface area contributed by atoms with Gasteiger partial charge < -0.3 is 10.2 Å². The van der Waals surface area contributed by atoms with E-state index in [2.05, 4.69) is 20.4 Å². The fourth-order valence-electron chi connectivity index (χ4n) is 3.24. The molecular weight excluding hydrogens is 367 g/mol. The maximum absolute atomic E-state index is 13.1. The van der Waals surface area contributed by atoms with Gasteiger partial charge in [0.25, 0.3) is 5.91 Å².